The molecule has 218 valence electrons. The first-order valence-corrected chi connectivity index (χ1v) is 15.6. The predicted molar refractivity (Wildman–Crippen MR) is 191 cm³/mol. The van der Waals surface area contributed by atoms with Crippen molar-refractivity contribution in [3.63, 3.8) is 0 Å². The molecule has 47 heavy (non-hydrogen) atoms. The molecule has 0 N–H and O–H groups in total. The number of nitrogens with zero attached hydrogens (tertiary/aromatic N) is 4. The Morgan fingerprint density at radius 3 is 1.89 bits per heavy atom. The molecule has 0 aliphatic rings. The fourth-order valence-electron chi connectivity index (χ4n) is 6.98. The molecule has 0 aliphatic heterocycles. The second-order valence-corrected chi connectivity index (χ2v) is 11.8. The van der Waals surface area contributed by atoms with Crippen molar-refractivity contribution in [3.05, 3.63) is 146 Å². The topological polar surface area (TPSA) is 64.7 Å². The third-order valence-corrected chi connectivity index (χ3v) is 9.16. The second-order valence-electron chi connectivity index (χ2n) is 11.8. The average molecular weight is 601 g/mol. The van der Waals surface area contributed by atoms with Crippen LogP contribution in [0.4, 0.5) is 0 Å². The lowest BCUT2D eigenvalue weighted by Gasteiger charge is -2.14. The summed E-state index contributed by atoms with van der Waals surface area (Å²) in [4.78, 5) is 20.1. The number of hydrogen-bond acceptors (Lipinski definition) is 5. The van der Waals surface area contributed by atoms with E-state index in [2.05, 4.69) is 89.9 Å². The zero-order chi connectivity index (χ0) is 30.9. The monoisotopic (exact) mass is 600 g/mol. The molecular weight excluding hydrogens is 576 g/mol. The number of rotatable bonds is 3. The lowest BCUT2D eigenvalue weighted by molar-refractivity contribution is 0.655. The maximum atomic E-state index is 6.50. The van der Waals surface area contributed by atoms with E-state index in [1.54, 1.807) is 0 Å². The Labute approximate surface area is 268 Å². The molecule has 10 aromatic rings. The van der Waals surface area contributed by atoms with Crippen molar-refractivity contribution < 1.29 is 4.42 Å². The van der Waals surface area contributed by atoms with Gasteiger partial charge in [-0.05, 0) is 49.8 Å². The highest BCUT2D eigenvalue weighted by Crippen LogP contribution is 2.40. The lowest BCUT2D eigenvalue weighted by Crippen LogP contribution is -2.01. The van der Waals surface area contributed by atoms with Crippen molar-refractivity contribution in [2.45, 2.75) is 0 Å². The second kappa shape index (κ2) is 10.0. The maximum absolute atomic E-state index is 6.50. The molecule has 3 aromatic heterocycles. The van der Waals surface area contributed by atoms with Crippen LogP contribution >= 0.6 is 0 Å². The summed E-state index contributed by atoms with van der Waals surface area (Å²) < 4.78 is 6.50. The van der Waals surface area contributed by atoms with Gasteiger partial charge >= 0.3 is 0 Å². The smallest absolute Gasteiger partial charge is 0.227 e. The lowest BCUT2D eigenvalue weighted by atomic mass is 9.93. The van der Waals surface area contributed by atoms with E-state index in [0.29, 0.717) is 28.8 Å². The molecule has 0 saturated heterocycles. The zero-order valence-corrected chi connectivity index (χ0v) is 25.1. The maximum Gasteiger partial charge on any atom is 0.227 e. The first kappa shape index (κ1) is 25.8. The van der Waals surface area contributed by atoms with Gasteiger partial charge in [-0.1, -0.05) is 127 Å². The van der Waals surface area contributed by atoms with Gasteiger partial charge in [0.15, 0.2) is 17.5 Å². The van der Waals surface area contributed by atoms with Crippen LogP contribution < -0.4 is 0 Å². The van der Waals surface area contributed by atoms with Crippen molar-refractivity contribution in [1.82, 2.24) is 19.9 Å². The van der Waals surface area contributed by atoms with Crippen LogP contribution in [0.25, 0.3) is 99.3 Å². The SMILES string of the molecule is c1ccc(-c2nc(-c3cc4c5ccccc5ccc4c4ccccc34)nc(-c3cccc4c3oc3ncc5ccccc5c34)n2)cc1. The Morgan fingerprint density at radius 2 is 1.04 bits per heavy atom. The van der Waals surface area contributed by atoms with Crippen molar-refractivity contribution in [2.24, 2.45) is 0 Å². The number of furan rings is 1. The van der Waals surface area contributed by atoms with Crippen molar-refractivity contribution in [1.29, 1.82) is 0 Å². The largest absolute Gasteiger partial charge is 0.437 e. The molecule has 5 nitrogen and oxygen atoms in total. The van der Waals surface area contributed by atoms with Crippen LogP contribution in [-0.2, 0) is 0 Å². The molecule has 0 radical (unpaired) electrons. The molecule has 0 saturated carbocycles. The summed E-state index contributed by atoms with van der Waals surface area (Å²) in [5.41, 5.74) is 3.96. The van der Waals surface area contributed by atoms with Crippen molar-refractivity contribution in [2.75, 3.05) is 0 Å². The highest BCUT2D eigenvalue weighted by atomic mass is 16.3. The van der Waals surface area contributed by atoms with Gasteiger partial charge in [-0.2, -0.15) is 0 Å². The van der Waals surface area contributed by atoms with E-state index in [1.165, 1.54) is 16.2 Å². The Balaban J connectivity index is 1.29. The van der Waals surface area contributed by atoms with E-state index in [1.807, 2.05) is 60.8 Å². The number of aromatic nitrogens is 4. The van der Waals surface area contributed by atoms with Gasteiger partial charge < -0.3 is 4.42 Å². The minimum absolute atomic E-state index is 0.546. The molecule has 0 amide bonds. The van der Waals surface area contributed by atoms with E-state index in [9.17, 15) is 0 Å². The molecule has 7 aromatic carbocycles. The van der Waals surface area contributed by atoms with E-state index >= 15 is 0 Å². The molecule has 3 heterocycles. The third kappa shape index (κ3) is 3.97. The van der Waals surface area contributed by atoms with Gasteiger partial charge in [0.1, 0.15) is 5.58 Å². The van der Waals surface area contributed by atoms with Gasteiger partial charge in [0.05, 0.1) is 10.9 Å². The summed E-state index contributed by atoms with van der Waals surface area (Å²) in [7, 11) is 0. The summed E-state index contributed by atoms with van der Waals surface area (Å²) in [5.74, 6) is 1.76. The quantitative estimate of drug-likeness (QED) is 0.189. The summed E-state index contributed by atoms with van der Waals surface area (Å²) >= 11 is 0. The molecule has 0 atom stereocenters. The molecular formula is C42H24N4O. The molecule has 0 spiro atoms. The summed E-state index contributed by atoms with van der Waals surface area (Å²) in [5, 5.41) is 11.1. The van der Waals surface area contributed by atoms with Crippen LogP contribution in [0.3, 0.4) is 0 Å². The van der Waals surface area contributed by atoms with Crippen LogP contribution in [0.1, 0.15) is 0 Å². The number of benzene rings is 7. The van der Waals surface area contributed by atoms with E-state index in [-0.39, 0.29) is 0 Å². The first-order valence-electron chi connectivity index (χ1n) is 15.6. The fraction of sp³-hybridized carbons (Fsp3) is 0. The Morgan fingerprint density at radius 1 is 0.404 bits per heavy atom. The molecule has 0 bridgehead atoms. The van der Waals surface area contributed by atoms with Gasteiger partial charge in [0, 0.05) is 28.1 Å². The highest BCUT2D eigenvalue weighted by molar-refractivity contribution is 6.21. The molecule has 0 aliphatic carbocycles. The predicted octanol–water partition coefficient (Wildman–Crippen LogP) is 10.8. The summed E-state index contributed by atoms with van der Waals surface area (Å²) in [6.45, 7) is 0. The molecule has 0 unspecified atom stereocenters. The van der Waals surface area contributed by atoms with E-state index in [4.69, 9.17) is 19.4 Å². The van der Waals surface area contributed by atoms with Crippen LogP contribution in [0.2, 0.25) is 0 Å². The number of pyridine rings is 1. The minimum Gasteiger partial charge on any atom is -0.437 e. The molecule has 5 heteroatoms. The molecule has 10 rings (SSSR count). The Kier molecular flexibility index (Phi) is 5.51. The van der Waals surface area contributed by atoms with Gasteiger partial charge in [-0.15, -0.1) is 0 Å². The van der Waals surface area contributed by atoms with E-state index < -0.39 is 0 Å². The van der Waals surface area contributed by atoms with Crippen molar-refractivity contribution in [3.8, 4) is 34.2 Å². The van der Waals surface area contributed by atoms with Crippen LogP contribution in [0.5, 0.6) is 0 Å². The number of fused-ring (bicyclic) bond motifs is 10. The zero-order valence-electron chi connectivity index (χ0n) is 25.1. The fourth-order valence-corrected chi connectivity index (χ4v) is 6.98. The van der Waals surface area contributed by atoms with Crippen LogP contribution in [0.15, 0.2) is 150 Å². The Hall–Kier alpha value is -6.46. The van der Waals surface area contributed by atoms with Gasteiger partial charge in [-0.25, -0.2) is 19.9 Å². The van der Waals surface area contributed by atoms with Gasteiger partial charge in [0.25, 0.3) is 0 Å². The molecule has 0 fully saturated rings. The average Bonchev–Trinajstić information content (AvgIpc) is 3.54. The minimum atomic E-state index is 0.546. The van der Waals surface area contributed by atoms with Crippen LogP contribution in [-0.4, -0.2) is 19.9 Å². The summed E-state index contributed by atoms with van der Waals surface area (Å²) in [6, 6.07) is 48.2. The number of para-hydroxylation sites is 1. The van der Waals surface area contributed by atoms with E-state index in [0.717, 1.165) is 54.4 Å². The first-order chi connectivity index (χ1) is 23.3. The van der Waals surface area contributed by atoms with Gasteiger partial charge in [-0.3, -0.25) is 0 Å². The Bertz CT molecular complexity index is 2860. The highest BCUT2D eigenvalue weighted by Gasteiger charge is 2.20. The normalized spacial score (nSPS) is 11.8. The van der Waals surface area contributed by atoms with Crippen molar-refractivity contribution >= 4 is 65.2 Å². The third-order valence-electron chi connectivity index (χ3n) is 9.16. The van der Waals surface area contributed by atoms with Gasteiger partial charge in [0.2, 0.25) is 5.71 Å². The number of hydrogen-bond donors (Lipinski definition) is 0. The standard InChI is InChI=1S/C42H24N4O/c1-2-12-26(13-3-1)39-44-40(34-20-10-19-33-37-29-16-7-5-14-27(29)24-43-42(37)47-38(33)34)46-41(45-39)36-23-35-28-15-6-4-11-25(28)21-22-32(35)30-17-8-9-18-31(30)36/h1-24H. The summed E-state index contributed by atoms with van der Waals surface area (Å²) in [6.07, 6.45) is 1.86. The van der Waals surface area contributed by atoms with Crippen LogP contribution in [0, 0.1) is 0 Å².